The van der Waals surface area contributed by atoms with Crippen molar-refractivity contribution in [3.8, 4) is 0 Å². The largest absolute Gasteiger partial charge is 0.369 e. The van der Waals surface area contributed by atoms with Crippen LogP contribution in [0.3, 0.4) is 0 Å². The Bertz CT molecular complexity index is 550. The maximum Gasteiger partial charge on any atom is 0.0521 e. The molecule has 0 aliphatic carbocycles. The number of anilines is 1. The molecule has 0 bridgehead atoms. The van der Waals surface area contributed by atoms with E-state index < -0.39 is 0 Å². The standard InChI is InChI=1S/C16H22N4/c1-14-3-5-15(6-4-14)20-11-9-19(10-12-20)13-16-7-8-17-18(16)2/h3-8H,9-13H2,1-2H3. The van der Waals surface area contributed by atoms with Crippen LogP contribution in [0.15, 0.2) is 36.5 Å². The third-order valence-corrected chi connectivity index (χ3v) is 4.08. The van der Waals surface area contributed by atoms with Crippen molar-refractivity contribution in [2.45, 2.75) is 13.5 Å². The topological polar surface area (TPSA) is 24.3 Å². The van der Waals surface area contributed by atoms with Crippen molar-refractivity contribution in [3.63, 3.8) is 0 Å². The molecule has 1 aliphatic rings. The monoisotopic (exact) mass is 270 g/mol. The summed E-state index contributed by atoms with van der Waals surface area (Å²) in [6, 6.07) is 10.9. The zero-order valence-corrected chi connectivity index (χ0v) is 12.3. The van der Waals surface area contributed by atoms with E-state index in [4.69, 9.17) is 0 Å². The Hall–Kier alpha value is -1.81. The molecule has 20 heavy (non-hydrogen) atoms. The molecule has 2 heterocycles. The molecule has 1 fully saturated rings. The van der Waals surface area contributed by atoms with Crippen molar-refractivity contribution >= 4 is 5.69 Å². The lowest BCUT2D eigenvalue weighted by Gasteiger charge is -2.36. The van der Waals surface area contributed by atoms with Gasteiger partial charge in [0.15, 0.2) is 0 Å². The Morgan fingerprint density at radius 2 is 1.70 bits per heavy atom. The second-order valence-corrected chi connectivity index (χ2v) is 5.54. The van der Waals surface area contributed by atoms with Gasteiger partial charge in [-0.15, -0.1) is 0 Å². The highest BCUT2D eigenvalue weighted by Gasteiger charge is 2.17. The van der Waals surface area contributed by atoms with E-state index in [0.717, 1.165) is 32.7 Å². The first-order valence-corrected chi connectivity index (χ1v) is 7.23. The van der Waals surface area contributed by atoms with Crippen LogP contribution in [0.25, 0.3) is 0 Å². The molecule has 4 heteroatoms. The first-order chi connectivity index (χ1) is 9.72. The van der Waals surface area contributed by atoms with Crippen LogP contribution in [-0.2, 0) is 13.6 Å². The van der Waals surface area contributed by atoms with Crippen LogP contribution < -0.4 is 4.90 Å². The fourth-order valence-corrected chi connectivity index (χ4v) is 2.71. The van der Waals surface area contributed by atoms with Gasteiger partial charge in [-0.05, 0) is 25.1 Å². The summed E-state index contributed by atoms with van der Waals surface area (Å²) in [5, 5.41) is 4.23. The molecule has 1 aromatic carbocycles. The van der Waals surface area contributed by atoms with E-state index in [1.165, 1.54) is 16.9 Å². The van der Waals surface area contributed by atoms with Crippen LogP contribution in [0.5, 0.6) is 0 Å². The van der Waals surface area contributed by atoms with E-state index in [1.807, 2.05) is 17.9 Å². The summed E-state index contributed by atoms with van der Waals surface area (Å²) in [7, 11) is 2.01. The molecule has 0 saturated carbocycles. The Labute approximate surface area is 120 Å². The van der Waals surface area contributed by atoms with Gasteiger partial charge in [0.05, 0.1) is 5.69 Å². The summed E-state index contributed by atoms with van der Waals surface area (Å²) in [6.07, 6.45) is 1.87. The van der Waals surface area contributed by atoms with Gasteiger partial charge in [0, 0.05) is 51.7 Å². The highest BCUT2D eigenvalue weighted by Crippen LogP contribution is 2.17. The van der Waals surface area contributed by atoms with Crippen LogP contribution >= 0.6 is 0 Å². The highest BCUT2D eigenvalue weighted by molar-refractivity contribution is 5.47. The molecule has 0 spiro atoms. The Kier molecular flexibility index (Phi) is 3.74. The number of hydrogen-bond donors (Lipinski definition) is 0. The minimum atomic E-state index is 0.998. The number of aryl methyl sites for hydroxylation is 2. The summed E-state index contributed by atoms with van der Waals surface area (Å²) in [4.78, 5) is 4.97. The fourth-order valence-electron chi connectivity index (χ4n) is 2.71. The molecule has 0 radical (unpaired) electrons. The second kappa shape index (κ2) is 5.67. The molecule has 106 valence electrons. The van der Waals surface area contributed by atoms with E-state index in [1.54, 1.807) is 0 Å². The zero-order valence-electron chi connectivity index (χ0n) is 12.3. The van der Waals surface area contributed by atoms with Crippen LogP contribution in [0.4, 0.5) is 5.69 Å². The number of benzene rings is 1. The first kappa shape index (κ1) is 13.2. The van der Waals surface area contributed by atoms with E-state index in [-0.39, 0.29) is 0 Å². The lowest BCUT2D eigenvalue weighted by atomic mass is 10.2. The number of piperazine rings is 1. The van der Waals surface area contributed by atoms with Crippen LogP contribution in [0.2, 0.25) is 0 Å². The van der Waals surface area contributed by atoms with E-state index in [2.05, 4.69) is 52.2 Å². The molecule has 0 N–H and O–H groups in total. The van der Waals surface area contributed by atoms with Gasteiger partial charge in [-0.25, -0.2) is 0 Å². The lowest BCUT2D eigenvalue weighted by molar-refractivity contribution is 0.244. The van der Waals surface area contributed by atoms with E-state index >= 15 is 0 Å². The quantitative estimate of drug-likeness (QED) is 0.853. The van der Waals surface area contributed by atoms with Crippen molar-refractivity contribution in [3.05, 3.63) is 47.8 Å². The van der Waals surface area contributed by atoms with Crippen molar-refractivity contribution in [1.82, 2.24) is 14.7 Å². The molecule has 1 aromatic heterocycles. The number of rotatable bonds is 3. The van der Waals surface area contributed by atoms with Crippen LogP contribution in [0, 0.1) is 6.92 Å². The molecule has 3 rings (SSSR count). The molecular weight excluding hydrogens is 248 g/mol. The van der Waals surface area contributed by atoms with Gasteiger partial charge < -0.3 is 4.90 Å². The van der Waals surface area contributed by atoms with Gasteiger partial charge >= 0.3 is 0 Å². The third kappa shape index (κ3) is 2.85. The minimum absolute atomic E-state index is 0.998. The predicted octanol–water partition coefficient (Wildman–Crippen LogP) is 2.05. The average Bonchev–Trinajstić information content (AvgIpc) is 2.86. The maximum atomic E-state index is 4.23. The Morgan fingerprint density at radius 3 is 2.30 bits per heavy atom. The first-order valence-electron chi connectivity index (χ1n) is 7.23. The SMILES string of the molecule is Cc1ccc(N2CCN(Cc3ccnn3C)CC2)cc1. The Balaban J connectivity index is 1.57. The van der Waals surface area contributed by atoms with Gasteiger partial charge in [-0.3, -0.25) is 9.58 Å². The van der Waals surface area contributed by atoms with Crippen molar-refractivity contribution in [2.75, 3.05) is 31.1 Å². The summed E-state index contributed by atoms with van der Waals surface area (Å²) in [6.45, 7) is 7.55. The Morgan fingerprint density at radius 1 is 1.00 bits per heavy atom. The summed E-state index contributed by atoms with van der Waals surface area (Å²) in [5.74, 6) is 0. The second-order valence-electron chi connectivity index (χ2n) is 5.54. The molecule has 4 nitrogen and oxygen atoms in total. The highest BCUT2D eigenvalue weighted by atomic mass is 15.3. The average molecular weight is 270 g/mol. The van der Waals surface area contributed by atoms with Crippen molar-refractivity contribution < 1.29 is 0 Å². The zero-order chi connectivity index (χ0) is 13.9. The summed E-state index contributed by atoms with van der Waals surface area (Å²) >= 11 is 0. The summed E-state index contributed by atoms with van der Waals surface area (Å²) < 4.78 is 1.96. The number of hydrogen-bond acceptors (Lipinski definition) is 3. The van der Waals surface area contributed by atoms with Crippen LogP contribution in [0.1, 0.15) is 11.3 Å². The van der Waals surface area contributed by atoms with Gasteiger partial charge in [0.1, 0.15) is 0 Å². The molecule has 1 saturated heterocycles. The lowest BCUT2D eigenvalue weighted by Crippen LogP contribution is -2.46. The summed E-state index contributed by atoms with van der Waals surface area (Å²) in [5.41, 5.74) is 3.95. The predicted molar refractivity (Wildman–Crippen MR) is 81.9 cm³/mol. The third-order valence-electron chi connectivity index (χ3n) is 4.08. The van der Waals surface area contributed by atoms with Crippen molar-refractivity contribution in [1.29, 1.82) is 0 Å². The maximum absolute atomic E-state index is 4.23. The molecule has 0 unspecified atom stereocenters. The van der Waals surface area contributed by atoms with Crippen LogP contribution in [-0.4, -0.2) is 40.9 Å². The van der Waals surface area contributed by atoms with E-state index in [9.17, 15) is 0 Å². The van der Waals surface area contributed by atoms with E-state index in [0.29, 0.717) is 0 Å². The molecule has 2 aromatic rings. The van der Waals surface area contributed by atoms with Gasteiger partial charge in [-0.2, -0.15) is 5.10 Å². The van der Waals surface area contributed by atoms with Gasteiger partial charge in [0.2, 0.25) is 0 Å². The van der Waals surface area contributed by atoms with Crippen molar-refractivity contribution in [2.24, 2.45) is 7.05 Å². The fraction of sp³-hybridized carbons (Fsp3) is 0.438. The molecule has 0 amide bonds. The minimum Gasteiger partial charge on any atom is -0.369 e. The normalized spacial score (nSPS) is 16.6. The molecule has 1 aliphatic heterocycles. The number of nitrogens with zero attached hydrogens (tertiary/aromatic N) is 4. The van der Waals surface area contributed by atoms with Gasteiger partial charge in [-0.1, -0.05) is 17.7 Å². The molecular formula is C16H22N4. The molecule has 0 atom stereocenters. The number of aromatic nitrogens is 2. The van der Waals surface area contributed by atoms with Gasteiger partial charge in [0.25, 0.3) is 0 Å². The smallest absolute Gasteiger partial charge is 0.0521 e.